The monoisotopic (exact) mass is 285 g/mol. The van der Waals surface area contributed by atoms with Crippen LogP contribution in [0.2, 0.25) is 0 Å². The van der Waals surface area contributed by atoms with Crippen molar-refractivity contribution in [3.05, 3.63) is 66.2 Å². The molecule has 0 fully saturated rings. The molecule has 4 heteroatoms. The maximum Gasteiger partial charge on any atom is 0.182 e. The predicted molar refractivity (Wildman–Crippen MR) is 77.8 cm³/mol. The van der Waals surface area contributed by atoms with Crippen LogP contribution in [0.3, 0.4) is 0 Å². The van der Waals surface area contributed by atoms with Crippen LogP contribution in [0.5, 0.6) is 0 Å². The van der Waals surface area contributed by atoms with Crippen molar-refractivity contribution in [3.63, 3.8) is 0 Å². The Morgan fingerprint density at radius 2 is 1.50 bits per heavy atom. The van der Waals surface area contributed by atoms with Gasteiger partial charge in [-0.15, -0.1) is 0 Å². The maximum absolute atomic E-state index is 12.6. The highest BCUT2D eigenvalue weighted by atomic mass is 32.2. The van der Waals surface area contributed by atoms with Gasteiger partial charge < -0.3 is 0 Å². The average molecular weight is 285 g/mol. The molecule has 2 aromatic rings. The molecule has 2 aromatic carbocycles. The van der Waals surface area contributed by atoms with Gasteiger partial charge in [-0.05, 0) is 24.1 Å². The molecule has 3 nitrogen and oxygen atoms in total. The highest BCUT2D eigenvalue weighted by molar-refractivity contribution is 7.92. The van der Waals surface area contributed by atoms with Crippen LogP contribution >= 0.6 is 0 Å². The summed E-state index contributed by atoms with van der Waals surface area (Å²) in [6.07, 6.45) is 0.345. The Morgan fingerprint density at radius 3 is 2.05 bits per heavy atom. The van der Waals surface area contributed by atoms with E-state index in [0.29, 0.717) is 6.42 Å². The molecule has 2 rings (SSSR count). The van der Waals surface area contributed by atoms with E-state index in [2.05, 4.69) is 0 Å². The standard InChI is InChI=1S/C16H15NO2S/c17-12-11-16(13-14-7-3-1-4-8-14)20(18,19)15-9-5-2-6-10-15/h1-10,16H,11,13H2. The van der Waals surface area contributed by atoms with Gasteiger partial charge in [0, 0.05) is 0 Å². The zero-order chi connectivity index (χ0) is 14.4. The highest BCUT2D eigenvalue weighted by Crippen LogP contribution is 2.21. The molecular formula is C16H15NO2S. The zero-order valence-corrected chi connectivity index (χ0v) is 11.8. The van der Waals surface area contributed by atoms with Gasteiger partial charge in [-0.25, -0.2) is 8.42 Å². The van der Waals surface area contributed by atoms with Crippen molar-refractivity contribution >= 4 is 9.84 Å². The largest absolute Gasteiger partial charge is 0.223 e. The number of hydrogen-bond donors (Lipinski definition) is 0. The summed E-state index contributed by atoms with van der Waals surface area (Å²) in [5.41, 5.74) is 0.923. The summed E-state index contributed by atoms with van der Waals surface area (Å²) in [4.78, 5) is 0.274. The fourth-order valence-electron chi connectivity index (χ4n) is 2.07. The molecule has 102 valence electrons. The van der Waals surface area contributed by atoms with Crippen molar-refractivity contribution in [1.82, 2.24) is 0 Å². The van der Waals surface area contributed by atoms with Crippen LogP contribution in [0, 0.1) is 11.3 Å². The van der Waals surface area contributed by atoms with E-state index < -0.39 is 15.1 Å². The van der Waals surface area contributed by atoms with Crippen molar-refractivity contribution < 1.29 is 8.42 Å². The Morgan fingerprint density at radius 1 is 0.950 bits per heavy atom. The molecule has 0 aliphatic rings. The fourth-order valence-corrected chi connectivity index (χ4v) is 3.70. The van der Waals surface area contributed by atoms with E-state index in [-0.39, 0.29) is 11.3 Å². The van der Waals surface area contributed by atoms with Crippen LogP contribution in [0.4, 0.5) is 0 Å². The minimum Gasteiger partial charge on any atom is -0.223 e. The average Bonchev–Trinajstić information content (AvgIpc) is 2.49. The SMILES string of the molecule is N#CCC(Cc1ccccc1)S(=O)(=O)c1ccccc1. The lowest BCUT2D eigenvalue weighted by Crippen LogP contribution is -2.23. The third kappa shape index (κ3) is 3.25. The van der Waals surface area contributed by atoms with Gasteiger partial charge in [0.15, 0.2) is 9.84 Å². The second-order valence-electron chi connectivity index (χ2n) is 4.53. The number of nitrogens with zero attached hydrogens (tertiary/aromatic N) is 1. The van der Waals surface area contributed by atoms with E-state index in [9.17, 15) is 8.42 Å². The van der Waals surface area contributed by atoms with Crippen LogP contribution in [0.15, 0.2) is 65.6 Å². The number of nitriles is 1. The number of sulfone groups is 1. The Balaban J connectivity index is 2.32. The zero-order valence-electron chi connectivity index (χ0n) is 10.9. The van der Waals surface area contributed by atoms with Gasteiger partial charge in [0.05, 0.1) is 22.6 Å². The Bertz CT molecular complexity index is 688. The number of hydrogen-bond acceptors (Lipinski definition) is 3. The Labute approximate surface area is 119 Å². The molecule has 0 N–H and O–H groups in total. The van der Waals surface area contributed by atoms with Crippen LogP contribution in [0.25, 0.3) is 0 Å². The van der Waals surface area contributed by atoms with Gasteiger partial charge in [-0.2, -0.15) is 5.26 Å². The normalized spacial score (nSPS) is 12.6. The van der Waals surface area contributed by atoms with Crippen molar-refractivity contribution in [2.75, 3.05) is 0 Å². The fraction of sp³-hybridized carbons (Fsp3) is 0.188. The first kappa shape index (κ1) is 14.3. The molecule has 0 saturated heterocycles. The van der Waals surface area contributed by atoms with Crippen LogP contribution < -0.4 is 0 Å². The summed E-state index contributed by atoms with van der Waals surface area (Å²) in [5.74, 6) is 0. The van der Waals surface area contributed by atoms with Gasteiger partial charge in [0.25, 0.3) is 0 Å². The molecule has 0 aromatic heterocycles. The summed E-state index contributed by atoms with van der Waals surface area (Å²) in [6.45, 7) is 0. The third-order valence-electron chi connectivity index (χ3n) is 3.14. The van der Waals surface area contributed by atoms with Crippen molar-refractivity contribution in [3.8, 4) is 6.07 Å². The molecule has 0 aliphatic heterocycles. The van der Waals surface area contributed by atoms with Crippen LogP contribution in [0.1, 0.15) is 12.0 Å². The molecule has 0 heterocycles. The minimum absolute atomic E-state index is 0.00782. The third-order valence-corrected chi connectivity index (χ3v) is 5.28. The molecule has 0 amide bonds. The van der Waals surface area contributed by atoms with Crippen LogP contribution in [-0.2, 0) is 16.3 Å². The first-order valence-corrected chi connectivity index (χ1v) is 7.89. The first-order valence-electron chi connectivity index (χ1n) is 6.34. The van der Waals surface area contributed by atoms with Crippen molar-refractivity contribution in [2.45, 2.75) is 23.0 Å². The summed E-state index contributed by atoms with van der Waals surface area (Å²) in [7, 11) is -3.48. The smallest absolute Gasteiger partial charge is 0.182 e. The Kier molecular flexibility index (Phi) is 4.54. The molecule has 0 bridgehead atoms. The van der Waals surface area contributed by atoms with Crippen molar-refractivity contribution in [2.24, 2.45) is 0 Å². The first-order chi connectivity index (χ1) is 9.64. The van der Waals surface area contributed by atoms with E-state index in [1.54, 1.807) is 30.3 Å². The second-order valence-corrected chi connectivity index (χ2v) is 6.76. The van der Waals surface area contributed by atoms with E-state index >= 15 is 0 Å². The predicted octanol–water partition coefficient (Wildman–Crippen LogP) is 2.99. The molecule has 0 radical (unpaired) electrons. The molecule has 20 heavy (non-hydrogen) atoms. The molecular weight excluding hydrogens is 270 g/mol. The minimum atomic E-state index is -3.48. The molecule has 0 spiro atoms. The van der Waals surface area contributed by atoms with E-state index in [4.69, 9.17) is 5.26 Å². The number of rotatable bonds is 5. The lowest BCUT2D eigenvalue weighted by Gasteiger charge is -2.15. The van der Waals surface area contributed by atoms with E-state index in [1.165, 1.54) is 0 Å². The highest BCUT2D eigenvalue weighted by Gasteiger charge is 2.27. The van der Waals surface area contributed by atoms with Gasteiger partial charge in [0.2, 0.25) is 0 Å². The molecule has 0 saturated carbocycles. The Hall–Kier alpha value is -2.12. The van der Waals surface area contributed by atoms with E-state index in [0.717, 1.165) is 5.56 Å². The lowest BCUT2D eigenvalue weighted by molar-refractivity contribution is 0.578. The summed E-state index contributed by atoms with van der Waals surface area (Å²) in [5, 5.41) is 8.20. The van der Waals surface area contributed by atoms with Gasteiger partial charge in [-0.3, -0.25) is 0 Å². The topological polar surface area (TPSA) is 57.9 Å². The summed E-state index contributed by atoms with van der Waals surface area (Å²) < 4.78 is 25.2. The second kappa shape index (κ2) is 6.36. The van der Waals surface area contributed by atoms with Crippen LogP contribution in [-0.4, -0.2) is 13.7 Å². The van der Waals surface area contributed by atoms with Gasteiger partial charge >= 0.3 is 0 Å². The lowest BCUT2D eigenvalue weighted by atomic mass is 10.1. The van der Waals surface area contributed by atoms with E-state index in [1.807, 2.05) is 36.4 Å². The van der Waals surface area contributed by atoms with Gasteiger partial charge in [-0.1, -0.05) is 48.5 Å². The van der Waals surface area contributed by atoms with Gasteiger partial charge in [0.1, 0.15) is 0 Å². The number of benzene rings is 2. The summed E-state index contributed by atoms with van der Waals surface area (Å²) >= 11 is 0. The summed E-state index contributed by atoms with van der Waals surface area (Å²) in [6, 6.07) is 19.7. The van der Waals surface area contributed by atoms with Crippen molar-refractivity contribution in [1.29, 1.82) is 5.26 Å². The quantitative estimate of drug-likeness (QED) is 0.848. The molecule has 1 unspecified atom stereocenters. The molecule has 0 aliphatic carbocycles. The maximum atomic E-state index is 12.6. The molecule has 1 atom stereocenters.